The molecule has 1 atom stereocenters. The Balaban J connectivity index is 1.69. The first-order chi connectivity index (χ1) is 14.4. The van der Waals surface area contributed by atoms with Gasteiger partial charge in [-0.25, -0.2) is 9.18 Å². The number of nitrogens with one attached hydrogen (secondary N) is 1. The van der Waals surface area contributed by atoms with E-state index in [9.17, 15) is 14.0 Å². The summed E-state index contributed by atoms with van der Waals surface area (Å²) in [7, 11) is 4.73. The minimum Gasteiger partial charge on any atom is -0.497 e. The highest BCUT2D eigenvalue weighted by Gasteiger charge is 2.43. The Labute approximate surface area is 173 Å². The quantitative estimate of drug-likeness (QED) is 0.822. The molecular formula is C22H22FN3O4. The highest BCUT2D eigenvalue weighted by atomic mass is 19.1. The number of urea groups is 1. The number of ether oxygens (including phenoxy) is 2. The number of likely N-dealkylation sites (N-methyl/N-ethyl adjacent to an activating group) is 1. The first-order valence-electron chi connectivity index (χ1n) is 9.45. The van der Waals surface area contributed by atoms with Crippen LogP contribution in [0.4, 0.5) is 9.18 Å². The van der Waals surface area contributed by atoms with Gasteiger partial charge in [-0.1, -0.05) is 12.1 Å². The molecule has 3 amide bonds. The van der Waals surface area contributed by atoms with Crippen LogP contribution in [-0.4, -0.2) is 49.6 Å². The standard InChI is InChI=1S/C22H22FN3O4/c1-25-18-12-26(11-13-4-6-15(23)7-5-13)21(27)19(18)20(24-22(25)28)14-8-16(29-2)10-17(9-14)30-3/h4-10,20H,11-12H2,1-3H3,(H,24,28)/t20-/m0/s1. The average molecular weight is 411 g/mol. The predicted octanol–water partition coefficient (Wildman–Crippen LogP) is 2.84. The molecule has 0 fully saturated rings. The molecule has 8 heteroatoms. The molecule has 0 saturated carbocycles. The molecule has 0 radical (unpaired) electrons. The van der Waals surface area contributed by atoms with E-state index in [0.717, 1.165) is 5.56 Å². The van der Waals surface area contributed by atoms with Gasteiger partial charge in [0.15, 0.2) is 0 Å². The molecule has 156 valence electrons. The van der Waals surface area contributed by atoms with Crippen molar-refractivity contribution >= 4 is 11.9 Å². The number of halogens is 1. The molecule has 0 aromatic heterocycles. The molecule has 2 heterocycles. The van der Waals surface area contributed by atoms with Crippen LogP contribution in [0.5, 0.6) is 11.5 Å². The van der Waals surface area contributed by atoms with E-state index in [4.69, 9.17) is 9.47 Å². The largest absolute Gasteiger partial charge is 0.497 e. The van der Waals surface area contributed by atoms with E-state index in [1.807, 2.05) is 0 Å². The van der Waals surface area contributed by atoms with Crippen molar-refractivity contribution in [3.63, 3.8) is 0 Å². The smallest absolute Gasteiger partial charge is 0.322 e. The number of methoxy groups -OCH3 is 2. The third kappa shape index (κ3) is 3.45. The molecule has 1 N–H and O–H groups in total. The topological polar surface area (TPSA) is 71.1 Å². The lowest BCUT2D eigenvalue weighted by molar-refractivity contribution is -0.126. The second kappa shape index (κ2) is 7.70. The van der Waals surface area contributed by atoms with Crippen LogP contribution >= 0.6 is 0 Å². The second-order valence-corrected chi connectivity index (χ2v) is 7.24. The molecule has 2 aliphatic rings. The van der Waals surface area contributed by atoms with Crippen LogP contribution in [0.3, 0.4) is 0 Å². The van der Waals surface area contributed by atoms with Gasteiger partial charge in [0.2, 0.25) is 0 Å². The van der Waals surface area contributed by atoms with E-state index in [-0.39, 0.29) is 17.8 Å². The lowest BCUT2D eigenvalue weighted by Gasteiger charge is -2.31. The van der Waals surface area contributed by atoms with Gasteiger partial charge in [-0.2, -0.15) is 0 Å². The van der Waals surface area contributed by atoms with Gasteiger partial charge in [-0.15, -0.1) is 0 Å². The second-order valence-electron chi connectivity index (χ2n) is 7.24. The van der Waals surface area contributed by atoms with Gasteiger partial charge < -0.3 is 19.7 Å². The third-order valence-electron chi connectivity index (χ3n) is 5.43. The van der Waals surface area contributed by atoms with Crippen LogP contribution in [0.2, 0.25) is 0 Å². The van der Waals surface area contributed by atoms with E-state index < -0.39 is 6.04 Å². The summed E-state index contributed by atoms with van der Waals surface area (Å²) in [4.78, 5) is 29.0. The highest BCUT2D eigenvalue weighted by molar-refractivity contribution is 6.01. The highest BCUT2D eigenvalue weighted by Crippen LogP contribution is 2.38. The Bertz CT molecular complexity index is 1010. The average Bonchev–Trinajstić information content (AvgIpc) is 3.08. The lowest BCUT2D eigenvalue weighted by Crippen LogP contribution is -2.45. The number of hydrogen-bond acceptors (Lipinski definition) is 4. The molecule has 0 aliphatic carbocycles. The van der Waals surface area contributed by atoms with Crippen LogP contribution in [-0.2, 0) is 11.3 Å². The Morgan fingerprint density at radius 3 is 2.30 bits per heavy atom. The fourth-order valence-corrected chi connectivity index (χ4v) is 3.81. The van der Waals surface area contributed by atoms with Gasteiger partial charge in [0.25, 0.3) is 5.91 Å². The van der Waals surface area contributed by atoms with E-state index in [1.54, 1.807) is 56.5 Å². The summed E-state index contributed by atoms with van der Waals surface area (Å²) < 4.78 is 23.9. The van der Waals surface area contributed by atoms with E-state index >= 15 is 0 Å². The predicted molar refractivity (Wildman–Crippen MR) is 107 cm³/mol. The maximum Gasteiger partial charge on any atom is 0.322 e. The molecule has 0 bridgehead atoms. The number of nitrogens with zero attached hydrogens (tertiary/aromatic N) is 2. The normalized spacial score (nSPS) is 18.5. The van der Waals surface area contributed by atoms with Gasteiger partial charge in [-0.05, 0) is 35.4 Å². The Morgan fingerprint density at radius 2 is 1.70 bits per heavy atom. The van der Waals surface area contributed by atoms with Crippen LogP contribution in [0.1, 0.15) is 17.2 Å². The number of hydrogen-bond donors (Lipinski definition) is 1. The molecule has 30 heavy (non-hydrogen) atoms. The number of carbonyl (C=O) groups is 2. The molecule has 2 aliphatic heterocycles. The summed E-state index contributed by atoms with van der Waals surface area (Å²) in [6.45, 7) is 0.620. The number of benzene rings is 2. The van der Waals surface area contributed by atoms with Crippen molar-refractivity contribution in [1.29, 1.82) is 0 Å². The van der Waals surface area contributed by atoms with Gasteiger partial charge in [0.1, 0.15) is 17.3 Å². The Hall–Kier alpha value is -3.55. The first-order valence-corrected chi connectivity index (χ1v) is 9.45. The zero-order chi connectivity index (χ0) is 21.4. The summed E-state index contributed by atoms with van der Waals surface area (Å²) in [6, 6.07) is 10.4. The van der Waals surface area contributed by atoms with E-state index in [2.05, 4.69) is 5.32 Å². The van der Waals surface area contributed by atoms with Crippen LogP contribution in [0, 0.1) is 5.82 Å². The first kappa shape index (κ1) is 19.8. The van der Waals surface area contributed by atoms with Crippen molar-refractivity contribution in [3.8, 4) is 11.5 Å². The molecule has 0 spiro atoms. The summed E-state index contributed by atoms with van der Waals surface area (Å²) >= 11 is 0. The molecule has 7 nitrogen and oxygen atoms in total. The van der Waals surface area contributed by atoms with Crippen LogP contribution < -0.4 is 14.8 Å². The molecular weight excluding hydrogens is 389 g/mol. The summed E-state index contributed by atoms with van der Waals surface area (Å²) in [6.07, 6.45) is 0. The molecule has 2 aromatic rings. The van der Waals surface area contributed by atoms with Crippen LogP contribution in [0.25, 0.3) is 0 Å². The van der Waals surface area contributed by atoms with Crippen molar-refractivity contribution in [3.05, 3.63) is 70.7 Å². The van der Waals surface area contributed by atoms with Crippen molar-refractivity contribution < 1.29 is 23.5 Å². The lowest BCUT2D eigenvalue weighted by atomic mass is 9.95. The fraction of sp³-hybridized carbons (Fsp3) is 0.273. The molecule has 0 saturated heterocycles. The maximum atomic E-state index is 13.3. The summed E-state index contributed by atoms with van der Waals surface area (Å²) in [5, 5.41) is 2.90. The zero-order valence-corrected chi connectivity index (χ0v) is 16.9. The number of amides is 3. The zero-order valence-electron chi connectivity index (χ0n) is 16.9. The van der Waals surface area contributed by atoms with Gasteiger partial charge in [-0.3, -0.25) is 9.69 Å². The van der Waals surface area contributed by atoms with Crippen molar-refractivity contribution in [2.75, 3.05) is 27.8 Å². The SMILES string of the molecule is COc1cc(OC)cc([C@@H]2NC(=O)N(C)C3=C2C(=O)N(Cc2ccc(F)cc2)C3)c1. The fourth-order valence-electron chi connectivity index (χ4n) is 3.81. The number of rotatable bonds is 5. The minimum absolute atomic E-state index is 0.173. The van der Waals surface area contributed by atoms with Crippen LogP contribution in [0.15, 0.2) is 53.7 Å². The minimum atomic E-state index is -0.626. The van der Waals surface area contributed by atoms with E-state index in [1.165, 1.54) is 17.0 Å². The van der Waals surface area contributed by atoms with Gasteiger partial charge >= 0.3 is 6.03 Å². The van der Waals surface area contributed by atoms with Crippen molar-refractivity contribution in [2.24, 2.45) is 0 Å². The molecule has 2 aromatic carbocycles. The summed E-state index contributed by atoms with van der Waals surface area (Å²) in [5.41, 5.74) is 2.66. The monoisotopic (exact) mass is 411 g/mol. The van der Waals surface area contributed by atoms with Gasteiger partial charge in [0.05, 0.1) is 38.1 Å². The Morgan fingerprint density at radius 1 is 1.07 bits per heavy atom. The Kier molecular flexibility index (Phi) is 5.07. The maximum absolute atomic E-state index is 13.3. The van der Waals surface area contributed by atoms with E-state index in [0.29, 0.717) is 41.4 Å². The third-order valence-corrected chi connectivity index (χ3v) is 5.43. The van der Waals surface area contributed by atoms with Gasteiger partial charge in [0, 0.05) is 19.7 Å². The van der Waals surface area contributed by atoms with Crippen molar-refractivity contribution in [2.45, 2.75) is 12.6 Å². The molecule has 0 unspecified atom stereocenters. The molecule has 4 rings (SSSR count). The number of carbonyl (C=O) groups excluding carboxylic acids is 2. The van der Waals surface area contributed by atoms with Crippen molar-refractivity contribution in [1.82, 2.24) is 15.1 Å². The summed E-state index contributed by atoms with van der Waals surface area (Å²) in [5.74, 6) is 0.625.